The number of aryl methyl sites for hydroxylation is 1. The lowest BCUT2D eigenvalue weighted by Crippen LogP contribution is -2.31. The monoisotopic (exact) mass is 378 g/mol. The lowest BCUT2D eigenvalue weighted by Gasteiger charge is -2.26. The van der Waals surface area contributed by atoms with Gasteiger partial charge in [-0.1, -0.05) is 35.9 Å². The van der Waals surface area contributed by atoms with E-state index in [1.54, 1.807) is 12.3 Å². The second-order valence-electron chi connectivity index (χ2n) is 5.51. The number of halogens is 2. The highest BCUT2D eigenvalue weighted by Crippen LogP contribution is 2.35. The molecule has 114 valence electrons. The molecule has 1 aliphatic heterocycles. The Hall–Kier alpha value is -1.39. The van der Waals surface area contributed by atoms with Crippen molar-refractivity contribution >= 4 is 33.4 Å². The molecule has 0 N–H and O–H groups in total. The van der Waals surface area contributed by atoms with Gasteiger partial charge in [0.15, 0.2) is 0 Å². The van der Waals surface area contributed by atoms with Crippen LogP contribution in [0.5, 0.6) is 0 Å². The number of likely N-dealkylation sites (tertiary alicyclic amines) is 1. The van der Waals surface area contributed by atoms with Crippen LogP contribution in [0.1, 0.15) is 40.4 Å². The largest absolute Gasteiger partial charge is 0.331 e. The first-order valence-electron chi connectivity index (χ1n) is 7.25. The van der Waals surface area contributed by atoms with Gasteiger partial charge < -0.3 is 4.90 Å². The average molecular weight is 380 g/mol. The number of aromatic nitrogens is 1. The molecule has 0 aliphatic carbocycles. The van der Waals surface area contributed by atoms with Gasteiger partial charge in [0.1, 0.15) is 5.15 Å². The summed E-state index contributed by atoms with van der Waals surface area (Å²) in [6, 6.07) is 10.1. The molecule has 1 aromatic heterocycles. The molecule has 3 nitrogen and oxygen atoms in total. The zero-order chi connectivity index (χ0) is 15.7. The number of benzene rings is 1. The Kier molecular flexibility index (Phi) is 4.50. The molecule has 1 fully saturated rings. The molecule has 1 aromatic carbocycles. The molecule has 1 aliphatic rings. The number of hydrogen-bond acceptors (Lipinski definition) is 2. The van der Waals surface area contributed by atoms with Crippen molar-refractivity contribution in [2.45, 2.75) is 25.8 Å². The molecule has 22 heavy (non-hydrogen) atoms. The molecular weight excluding hydrogens is 364 g/mol. The molecule has 1 unspecified atom stereocenters. The van der Waals surface area contributed by atoms with Crippen molar-refractivity contribution in [2.75, 3.05) is 6.54 Å². The topological polar surface area (TPSA) is 33.2 Å². The van der Waals surface area contributed by atoms with E-state index in [2.05, 4.69) is 40.0 Å². The molecule has 5 heteroatoms. The Morgan fingerprint density at radius 2 is 2.18 bits per heavy atom. The lowest BCUT2D eigenvalue weighted by molar-refractivity contribution is 0.0735. The van der Waals surface area contributed by atoms with E-state index < -0.39 is 0 Å². The normalized spacial score (nSPS) is 17.8. The maximum absolute atomic E-state index is 12.9. The number of nitrogens with zero attached hydrogens (tertiary/aromatic N) is 2. The zero-order valence-corrected chi connectivity index (χ0v) is 14.6. The fourth-order valence-electron chi connectivity index (χ4n) is 3.02. The van der Waals surface area contributed by atoms with Crippen molar-refractivity contribution in [1.82, 2.24) is 9.88 Å². The van der Waals surface area contributed by atoms with Gasteiger partial charge in [0.2, 0.25) is 0 Å². The van der Waals surface area contributed by atoms with Crippen molar-refractivity contribution in [3.63, 3.8) is 0 Å². The van der Waals surface area contributed by atoms with Gasteiger partial charge in [-0.3, -0.25) is 4.79 Å². The van der Waals surface area contributed by atoms with E-state index in [0.29, 0.717) is 5.56 Å². The summed E-state index contributed by atoms with van der Waals surface area (Å²) >= 11 is 9.47. The third kappa shape index (κ3) is 2.90. The Balaban J connectivity index is 1.95. The standard InChI is InChI=1S/C17H16BrClN2O/c1-11-5-2-3-6-13(11)15-7-4-8-21(15)17(22)14-9-12(18)10-20-16(14)19/h2-3,5-6,9-10,15H,4,7-8H2,1H3. The van der Waals surface area contributed by atoms with E-state index >= 15 is 0 Å². The van der Waals surface area contributed by atoms with E-state index in [-0.39, 0.29) is 17.1 Å². The Morgan fingerprint density at radius 1 is 1.41 bits per heavy atom. The summed E-state index contributed by atoms with van der Waals surface area (Å²) in [5.74, 6) is -0.0513. The van der Waals surface area contributed by atoms with E-state index in [0.717, 1.165) is 23.9 Å². The number of hydrogen-bond donors (Lipinski definition) is 0. The van der Waals surface area contributed by atoms with E-state index in [1.807, 2.05) is 17.0 Å². The summed E-state index contributed by atoms with van der Waals surface area (Å²) in [6.07, 6.45) is 3.58. The van der Waals surface area contributed by atoms with Crippen LogP contribution in [0.3, 0.4) is 0 Å². The molecule has 1 amide bonds. The fraction of sp³-hybridized carbons (Fsp3) is 0.294. The summed E-state index contributed by atoms with van der Waals surface area (Å²) in [5.41, 5.74) is 2.88. The second kappa shape index (κ2) is 6.39. The van der Waals surface area contributed by atoms with E-state index in [1.165, 1.54) is 11.1 Å². The average Bonchev–Trinajstić information content (AvgIpc) is 2.99. The minimum atomic E-state index is -0.0513. The van der Waals surface area contributed by atoms with Gasteiger partial charge in [-0.2, -0.15) is 0 Å². The van der Waals surface area contributed by atoms with Gasteiger partial charge in [-0.05, 0) is 52.9 Å². The third-order valence-electron chi connectivity index (χ3n) is 4.10. The Bertz CT molecular complexity index is 720. The first kappa shape index (κ1) is 15.5. The third-order valence-corrected chi connectivity index (χ3v) is 4.83. The first-order valence-corrected chi connectivity index (χ1v) is 8.42. The number of carbonyl (C=O) groups excluding carboxylic acids is 1. The molecule has 0 spiro atoms. The maximum atomic E-state index is 12.9. The van der Waals surface area contributed by atoms with Crippen LogP contribution in [-0.2, 0) is 0 Å². The van der Waals surface area contributed by atoms with Gasteiger partial charge >= 0.3 is 0 Å². The van der Waals surface area contributed by atoms with E-state index in [4.69, 9.17) is 11.6 Å². The van der Waals surface area contributed by atoms with Crippen LogP contribution in [0, 0.1) is 6.92 Å². The van der Waals surface area contributed by atoms with Crippen LogP contribution in [0.25, 0.3) is 0 Å². The number of pyridine rings is 1. The summed E-state index contributed by atoms with van der Waals surface area (Å²) in [5, 5.41) is 0.253. The van der Waals surface area contributed by atoms with Crippen LogP contribution in [0.15, 0.2) is 41.0 Å². The van der Waals surface area contributed by atoms with Crippen molar-refractivity contribution in [3.05, 3.63) is 62.8 Å². The van der Waals surface area contributed by atoms with Crippen molar-refractivity contribution in [2.24, 2.45) is 0 Å². The Morgan fingerprint density at radius 3 is 2.95 bits per heavy atom. The van der Waals surface area contributed by atoms with Crippen LogP contribution in [0.2, 0.25) is 5.15 Å². The highest BCUT2D eigenvalue weighted by molar-refractivity contribution is 9.10. The van der Waals surface area contributed by atoms with Gasteiger partial charge in [-0.25, -0.2) is 4.98 Å². The minimum absolute atomic E-state index is 0.0513. The summed E-state index contributed by atoms with van der Waals surface area (Å²) < 4.78 is 0.756. The molecule has 0 bridgehead atoms. The molecule has 2 aromatic rings. The van der Waals surface area contributed by atoms with E-state index in [9.17, 15) is 4.79 Å². The number of amides is 1. The zero-order valence-electron chi connectivity index (χ0n) is 12.2. The molecule has 1 saturated heterocycles. The molecule has 3 rings (SSSR count). The highest BCUT2D eigenvalue weighted by Gasteiger charge is 2.32. The molecule has 1 atom stereocenters. The summed E-state index contributed by atoms with van der Waals surface area (Å²) in [4.78, 5) is 18.9. The quantitative estimate of drug-likeness (QED) is 0.703. The van der Waals surface area contributed by atoms with Crippen molar-refractivity contribution in [3.8, 4) is 0 Å². The summed E-state index contributed by atoms with van der Waals surface area (Å²) in [6.45, 7) is 2.84. The van der Waals surface area contributed by atoms with Gasteiger partial charge in [-0.15, -0.1) is 0 Å². The molecule has 0 saturated carbocycles. The van der Waals surface area contributed by atoms with Crippen molar-refractivity contribution in [1.29, 1.82) is 0 Å². The van der Waals surface area contributed by atoms with Crippen LogP contribution in [0.4, 0.5) is 0 Å². The predicted molar refractivity (Wildman–Crippen MR) is 91.1 cm³/mol. The fourth-order valence-corrected chi connectivity index (χ4v) is 3.54. The van der Waals surface area contributed by atoms with Crippen LogP contribution >= 0.6 is 27.5 Å². The maximum Gasteiger partial charge on any atom is 0.257 e. The first-order chi connectivity index (χ1) is 10.6. The van der Waals surface area contributed by atoms with Crippen LogP contribution in [-0.4, -0.2) is 22.3 Å². The van der Waals surface area contributed by atoms with Gasteiger partial charge in [0, 0.05) is 17.2 Å². The van der Waals surface area contributed by atoms with Gasteiger partial charge in [0.05, 0.1) is 11.6 Å². The SMILES string of the molecule is Cc1ccccc1C1CCCN1C(=O)c1cc(Br)cnc1Cl. The molecule has 2 heterocycles. The molecule has 0 radical (unpaired) electrons. The molecular formula is C17H16BrClN2O. The number of carbonyl (C=O) groups is 1. The Labute approximate surface area is 143 Å². The second-order valence-corrected chi connectivity index (χ2v) is 6.78. The van der Waals surface area contributed by atoms with Crippen molar-refractivity contribution < 1.29 is 4.79 Å². The smallest absolute Gasteiger partial charge is 0.257 e. The minimum Gasteiger partial charge on any atom is -0.331 e. The number of rotatable bonds is 2. The van der Waals surface area contributed by atoms with Gasteiger partial charge in [0.25, 0.3) is 5.91 Å². The lowest BCUT2D eigenvalue weighted by atomic mass is 9.99. The van der Waals surface area contributed by atoms with Crippen LogP contribution < -0.4 is 0 Å². The highest BCUT2D eigenvalue weighted by atomic mass is 79.9. The predicted octanol–water partition coefficient (Wildman–Crippen LogP) is 4.78. The summed E-state index contributed by atoms with van der Waals surface area (Å²) in [7, 11) is 0.